The molecule has 0 unspecified atom stereocenters. The molecule has 0 spiro atoms. The molecular weight excluding hydrogens is 768 g/mol. The van der Waals surface area contributed by atoms with Crippen molar-refractivity contribution in [2.24, 2.45) is 9.98 Å². The quantitative estimate of drug-likeness (QED) is 0.105. The second-order valence-electron chi connectivity index (χ2n) is 12.7. The summed E-state index contributed by atoms with van der Waals surface area (Å²) in [6.45, 7) is 0. The molecule has 0 saturated carbocycles. The van der Waals surface area contributed by atoms with Gasteiger partial charge in [0.2, 0.25) is 5.66 Å². The van der Waals surface area contributed by atoms with Crippen molar-refractivity contribution in [3.8, 4) is 34.1 Å². The van der Waals surface area contributed by atoms with E-state index in [0.29, 0.717) is 21.9 Å². The normalized spacial score (nSPS) is 13.6. The van der Waals surface area contributed by atoms with E-state index in [9.17, 15) is 20.4 Å². The SMILES string of the molecule is Oc1cc2ccccc2c(/C=N/C2(/N=C/c3c(O)c(O)cc4ccccc34)c3ccc4cc(Br)ccc4c3-c3c2ccc2cc(Br)ccc32)c1O. The Balaban J connectivity index is 1.42. The zero-order chi connectivity index (χ0) is 35.0. The molecule has 0 atom stereocenters. The predicted octanol–water partition coefficient (Wildman–Crippen LogP) is 11.1. The average Bonchev–Trinajstić information content (AvgIpc) is 3.41. The van der Waals surface area contributed by atoms with Crippen molar-refractivity contribution in [3.05, 3.63) is 153 Å². The zero-order valence-corrected chi connectivity index (χ0v) is 29.8. The smallest absolute Gasteiger partial charge is 0.202 e. The van der Waals surface area contributed by atoms with Crippen molar-refractivity contribution < 1.29 is 20.4 Å². The number of phenols is 4. The molecule has 8 aromatic carbocycles. The molecule has 0 amide bonds. The molecule has 0 aliphatic heterocycles. The molecule has 0 radical (unpaired) electrons. The first kappa shape index (κ1) is 31.3. The van der Waals surface area contributed by atoms with Gasteiger partial charge in [-0.25, -0.2) is 0 Å². The second-order valence-corrected chi connectivity index (χ2v) is 14.5. The largest absolute Gasteiger partial charge is 0.504 e. The number of fused-ring (bicyclic) bond motifs is 9. The zero-order valence-electron chi connectivity index (χ0n) is 26.6. The Labute approximate surface area is 308 Å². The molecule has 51 heavy (non-hydrogen) atoms. The highest BCUT2D eigenvalue weighted by Crippen LogP contribution is 2.56. The maximum atomic E-state index is 11.2. The van der Waals surface area contributed by atoms with Crippen molar-refractivity contribution >= 4 is 87.4 Å². The molecular formula is C43H26Br2N2O4. The molecule has 9 rings (SSSR count). The summed E-state index contributed by atoms with van der Waals surface area (Å²) in [5.74, 6) is -1.11. The number of halogens is 2. The Morgan fingerprint density at radius 1 is 0.451 bits per heavy atom. The molecule has 0 heterocycles. The number of benzene rings is 8. The lowest BCUT2D eigenvalue weighted by molar-refractivity contribution is 0.404. The number of hydrogen-bond acceptors (Lipinski definition) is 6. The maximum absolute atomic E-state index is 11.2. The van der Waals surface area contributed by atoms with Crippen LogP contribution in [0, 0.1) is 0 Å². The van der Waals surface area contributed by atoms with Gasteiger partial charge in [0, 0.05) is 43.6 Å². The van der Waals surface area contributed by atoms with Gasteiger partial charge >= 0.3 is 0 Å². The van der Waals surface area contributed by atoms with Crippen molar-refractivity contribution in [3.63, 3.8) is 0 Å². The topological polar surface area (TPSA) is 106 Å². The average molecular weight is 794 g/mol. The Morgan fingerprint density at radius 3 is 1.31 bits per heavy atom. The summed E-state index contributed by atoms with van der Waals surface area (Å²) < 4.78 is 1.91. The van der Waals surface area contributed by atoms with Gasteiger partial charge in [-0.1, -0.05) is 117 Å². The molecule has 8 heteroatoms. The minimum absolute atomic E-state index is 0.260. The van der Waals surface area contributed by atoms with Crippen LogP contribution in [-0.2, 0) is 5.66 Å². The van der Waals surface area contributed by atoms with E-state index in [4.69, 9.17) is 9.98 Å². The molecule has 246 valence electrons. The fraction of sp³-hybridized carbons (Fsp3) is 0.0233. The fourth-order valence-corrected chi connectivity index (χ4v) is 8.21. The number of rotatable bonds is 4. The molecule has 0 fully saturated rings. The van der Waals surface area contributed by atoms with Gasteiger partial charge in [-0.15, -0.1) is 0 Å². The van der Waals surface area contributed by atoms with Crippen LogP contribution in [-0.4, -0.2) is 32.9 Å². The van der Waals surface area contributed by atoms with E-state index in [1.54, 1.807) is 12.4 Å². The summed E-state index contributed by atoms with van der Waals surface area (Å²) in [4.78, 5) is 10.6. The molecule has 8 aromatic rings. The number of phenolic OH excluding ortho intramolecular Hbond substituents is 4. The minimum Gasteiger partial charge on any atom is -0.504 e. The number of aliphatic imine (C=N–C) groups is 2. The summed E-state index contributed by atoms with van der Waals surface area (Å²) in [5, 5.41) is 50.9. The van der Waals surface area contributed by atoms with E-state index in [1.165, 1.54) is 12.1 Å². The highest BCUT2D eigenvalue weighted by atomic mass is 79.9. The lowest BCUT2D eigenvalue weighted by Gasteiger charge is -2.24. The Hall–Kier alpha value is -5.70. The fourth-order valence-electron chi connectivity index (χ4n) is 7.45. The Morgan fingerprint density at radius 2 is 0.863 bits per heavy atom. The number of hydrogen-bond donors (Lipinski definition) is 4. The summed E-state index contributed by atoms with van der Waals surface area (Å²) in [7, 11) is 0. The van der Waals surface area contributed by atoms with Crippen molar-refractivity contribution in [1.29, 1.82) is 0 Å². The third-order valence-electron chi connectivity index (χ3n) is 9.81. The van der Waals surface area contributed by atoms with Crippen LogP contribution in [0.25, 0.3) is 54.2 Å². The second kappa shape index (κ2) is 11.7. The Kier molecular flexibility index (Phi) is 7.17. The van der Waals surface area contributed by atoms with Crippen molar-refractivity contribution in [2.45, 2.75) is 5.66 Å². The summed E-state index contributed by atoms with van der Waals surface area (Å²) >= 11 is 7.28. The van der Waals surface area contributed by atoms with E-state index in [-0.39, 0.29) is 23.0 Å². The summed E-state index contributed by atoms with van der Waals surface area (Å²) in [5.41, 5.74) is 2.78. The van der Waals surface area contributed by atoms with E-state index < -0.39 is 5.66 Å². The van der Waals surface area contributed by atoms with Gasteiger partial charge in [-0.05, 0) is 90.6 Å². The Bertz CT molecular complexity index is 2650. The third kappa shape index (κ3) is 4.82. The van der Waals surface area contributed by atoms with Crippen LogP contribution >= 0.6 is 31.9 Å². The molecule has 6 nitrogen and oxygen atoms in total. The van der Waals surface area contributed by atoms with Gasteiger partial charge in [0.1, 0.15) is 0 Å². The van der Waals surface area contributed by atoms with E-state index in [2.05, 4.69) is 56.1 Å². The first-order valence-corrected chi connectivity index (χ1v) is 17.8. The monoisotopic (exact) mass is 792 g/mol. The lowest BCUT2D eigenvalue weighted by atomic mass is 9.94. The van der Waals surface area contributed by atoms with Crippen molar-refractivity contribution in [2.75, 3.05) is 0 Å². The van der Waals surface area contributed by atoms with Gasteiger partial charge in [0.05, 0.1) is 0 Å². The first-order valence-electron chi connectivity index (χ1n) is 16.2. The summed E-state index contributed by atoms with van der Waals surface area (Å²) in [6, 6.07) is 38.5. The first-order chi connectivity index (χ1) is 24.7. The van der Waals surface area contributed by atoms with E-state index >= 15 is 0 Å². The molecule has 1 aliphatic rings. The maximum Gasteiger partial charge on any atom is 0.202 e. The summed E-state index contributed by atoms with van der Waals surface area (Å²) in [6.07, 6.45) is 3.15. The van der Waals surface area contributed by atoms with Gasteiger partial charge in [-0.3, -0.25) is 9.98 Å². The molecule has 0 aromatic heterocycles. The van der Waals surface area contributed by atoms with Gasteiger partial charge < -0.3 is 20.4 Å². The van der Waals surface area contributed by atoms with Crippen LogP contribution in [0.15, 0.2) is 140 Å². The number of aromatic hydroxyl groups is 4. The van der Waals surface area contributed by atoms with Gasteiger partial charge in [0.25, 0.3) is 0 Å². The molecule has 1 aliphatic carbocycles. The van der Waals surface area contributed by atoms with Gasteiger partial charge in [-0.2, -0.15) is 0 Å². The van der Waals surface area contributed by atoms with Gasteiger partial charge in [0.15, 0.2) is 23.0 Å². The van der Waals surface area contributed by atoms with Crippen molar-refractivity contribution in [1.82, 2.24) is 0 Å². The van der Waals surface area contributed by atoms with Crippen LogP contribution in [0.4, 0.5) is 0 Å². The van der Waals surface area contributed by atoms with Crippen LogP contribution in [0.5, 0.6) is 23.0 Å². The predicted molar refractivity (Wildman–Crippen MR) is 213 cm³/mol. The molecule has 0 bridgehead atoms. The molecule has 0 saturated heterocycles. The standard InChI is InChI=1S/C43H26Br2N2O4/c44-27-11-13-31-25(17-27)9-15-35-39(31)40-32-14-12-28(45)18-26(32)10-16-36(40)43(35,46-21-33-29-7-3-1-5-23(29)19-37(48)41(33)50)47-22-34-30-8-4-2-6-24(30)20-38(49)42(34)51/h1-22,48-51H/b46-21+,47-22+. The van der Waals surface area contributed by atoms with Crippen LogP contribution in [0.3, 0.4) is 0 Å². The number of nitrogens with zero attached hydrogens (tertiary/aromatic N) is 2. The minimum atomic E-state index is -1.43. The van der Waals surface area contributed by atoms with E-state index in [0.717, 1.165) is 63.5 Å². The highest BCUT2D eigenvalue weighted by Gasteiger charge is 2.44. The highest BCUT2D eigenvalue weighted by molar-refractivity contribution is 9.10. The molecule has 4 N–H and O–H groups in total. The lowest BCUT2D eigenvalue weighted by Crippen LogP contribution is -2.21. The van der Waals surface area contributed by atoms with Crippen LogP contribution in [0.1, 0.15) is 22.3 Å². The third-order valence-corrected chi connectivity index (χ3v) is 10.8. The van der Waals surface area contributed by atoms with Crippen LogP contribution in [0.2, 0.25) is 0 Å². The van der Waals surface area contributed by atoms with Crippen LogP contribution < -0.4 is 0 Å². The van der Waals surface area contributed by atoms with E-state index in [1.807, 2.05) is 84.9 Å².